The Morgan fingerprint density at radius 2 is 1.62 bits per heavy atom. The van der Waals surface area contributed by atoms with Gasteiger partial charge in [-0.2, -0.15) is 0 Å². The van der Waals surface area contributed by atoms with Crippen LogP contribution in [0.1, 0.15) is 120 Å². The van der Waals surface area contributed by atoms with E-state index in [0.29, 0.717) is 30.3 Å². The predicted octanol–water partition coefficient (Wildman–Crippen LogP) is 7.72. The first-order valence-corrected chi connectivity index (χ1v) is 15.9. The quantitative estimate of drug-likeness (QED) is 0.212. The maximum absolute atomic E-state index is 13.4. The predicted molar refractivity (Wildman–Crippen MR) is 157 cm³/mol. The standard InChI is InChI=1S/C35H54O5/c1-10-21(2)28(37)40-27-20-30(3,4)19-23-22-11-12-25-32(7)15-14-26(36)31(5,6)24(32)13-16-34(25,9)33(22,8)17-18-35(23,27)29(38)39/h10-11,23-27,36H,12-20H2,1-9H3,(H,38,39)/b21-10-/t23-,24-,25+,26?,27+,32-,33+,34+,35-/m0/s1. The van der Waals surface area contributed by atoms with Crippen molar-refractivity contribution in [3.05, 3.63) is 23.3 Å². The van der Waals surface area contributed by atoms with E-state index in [-0.39, 0.29) is 39.1 Å². The van der Waals surface area contributed by atoms with Crippen molar-refractivity contribution in [2.75, 3.05) is 0 Å². The largest absolute Gasteiger partial charge is 0.481 e. The molecule has 0 amide bonds. The number of rotatable bonds is 3. The monoisotopic (exact) mass is 554 g/mol. The SMILES string of the molecule is C/C=C(/C)C(=O)O[C@@H]1CC(C)(C)C[C@H]2C3=CC[C@@H]4[C@@]5(C)CCC(O)C(C)(C)[C@@H]5CC[C@@]4(C)[C@]3(C)CC[C@@]12C(=O)O. The van der Waals surface area contributed by atoms with Crippen LogP contribution in [0.2, 0.25) is 0 Å². The molecule has 0 heterocycles. The van der Waals surface area contributed by atoms with Crippen LogP contribution in [0, 0.1) is 50.2 Å². The zero-order chi connectivity index (χ0) is 29.7. The Kier molecular flexibility index (Phi) is 6.86. The molecule has 2 N–H and O–H groups in total. The summed E-state index contributed by atoms with van der Waals surface area (Å²) in [6.07, 6.45) is 11.1. The maximum Gasteiger partial charge on any atom is 0.333 e. The van der Waals surface area contributed by atoms with Gasteiger partial charge in [-0.05, 0) is 111 Å². The fourth-order valence-electron chi connectivity index (χ4n) is 11.3. The minimum Gasteiger partial charge on any atom is -0.481 e. The number of carbonyl (C=O) groups excluding carboxylic acids is 1. The first-order valence-electron chi connectivity index (χ1n) is 15.9. The molecule has 0 aromatic heterocycles. The van der Waals surface area contributed by atoms with Gasteiger partial charge in [0.2, 0.25) is 0 Å². The topological polar surface area (TPSA) is 83.8 Å². The molecule has 0 bridgehead atoms. The Bertz CT molecular complexity index is 1150. The number of allylic oxidation sites excluding steroid dienone is 3. The number of aliphatic carboxylic acids is 1. The Morgan fingerprint density at radius 1 is 0.950 bits per heavy atom. The minimum absolute atomic E-state index is 0.0562. The number of carboxylic acid groups (broad SMARTS) is 1. The molecule has 0 spiro atoms. The second-order valence-corrected chi connectivity index (χ2v) is 16.5. The van der Waals surface area contributed by atoms with E-state index in [1.165, 1.54) is 5.57 Å². The van der Waals surface area contributed by atoms with Crippen molar-refractivity contribution in [3.8, 4) is 0 Å². The lowest BCUT2D eigenvalue weighted by atomic mass is 9.33. The van der Waals surface area contributed by atoms with Crippen molar-refractivity contribution in [2.24, 2.45) is 50.2 Å². The molecule has 5 rings (SSSR count). The fraction of sp³-hybridized carbons (Fsp3) is 0.829. The summed E-state index contributed by atoms with van der Waals surface area (Å²) in [5.41, 5.74) is 0.632. The highest BCUT2D eigenvalue weighted by Gasteiger charge is 2.71. The van der Waals surface area contributed by atoms with Gasteiger partial charge in [0.1, 0.15) is 11.5 Å². The summed E-state index contributed by atoms with van der Waals surface area (Å²) in [4.78, 5) is 26.4. The van der Waals surface area contributed by atoms with Crippen molar-refractivity contribution >= 4 is 11.9 Å². The summed E-state index contributed by atoms with van der Waals surface area (Å²) in [7, 11) is 0. The molecule has 5 heteroatoms. The van der Waals surface area contributed by atoms with Crippen LogP contribution in [-0.4, -0.2) is 34.4 Å². The Balaban J connectivity index is 1.60. The molecule has 1 unspecified atom stereocenters. The molecule has 224 valence electrons. The first-order chi connectivity index (χ1) is 18.4. The Morgan fingerprint density at radius 3 is 2.25 bits per heavy atom. The Labute approximate surface area is 242 Å². The summed E-state index contributed by atoms with van der Waals surface area (Å²) < 4.78 is 6.14. The van der Waals surface area contributed by atoms with Crippen LogP contribution in [0.5, 0.6) is 0 Å². The number of hydrogen-bond donors (Lipinski definition) is 2. The van der Waals surface area contributed by atoms with Gasteiger partial charge >= 0.3 is 11.9 Å². The van der Waals surface area contributed by atoms with E-state index in [0.717, 1.165) is 44.9 Å². The molecule has 9 atom stereocenters. The van der Waals surface area contributed by atoms with E-state index in [1.54, 1.807) is 13.0 Å². The van der Waals surface area contributed by atoms with Gasteiger partial charge in [0, 0.05) is 11.5 Å². The smallest absolute Gasteiger partial charge is 0.333 e. The summed E-state index contributed by atoms with van der Waals surface area (Å²) in [5, 5.41) is 21.9. The average Bonchev–Trinajstić information content (AvgIpc) is 2.85. The highest BCUT2D eigenvalue weighted by molar-refractivity contribution is 5.88. The van der Waals surface area contributed by atoms with Gasteiger partial charge < -0.3 is 14.9 Å². The summed E-state index contributed by atoms with van der Waals surface area (Å²) in [6, 6.07) is 0. The summed E-state index contributed by atoms with van der Waals surface area (Å²) in [5.74, 6) is -0.369. The number of aliphatic hydroxyl groups is 1. The second kappa shape index (κ2) is 9.19. The number of esters is 1. The van der Waals surface area contributed by atoms with E-state index in [2.05, 4.69) is 54.5 Å². The minimum atomic E-state index is -1.09. The lowest BCUT2D eigenvalue weighted by molar-refractivity contribution is -0.215. The molecule has 0 aromatic rings. The molecule has 5 aliphatic carbocycles. The van der Waals surface area contributed by atoms with Crippen LogP contribution in [0.3, 0.4) is 0 Å². The Hall–Kier alpha value is -1.62. The first kappa shape index (κ1) is 29.9. The zero-order valence-electron chi connectivity index (χ0n) is 26.5. The van der Waals surface area contributed by atoms with E-state index in [9.17, 15) is 19.8 Å². The molecular weight excluding hydrogens is 500 g/mol. The molecule has 4 saturated carbocycles. The third kappa shape index (κ3) is 3.81. The van der Waals surface area contributed by atoms with E-state index in [1.807, 2.05) is 6.92 Å². The van der Waals surface area contributed by atoms with Gasteiger partial charge in [-0.25, -0.2) is 4.79 Å². The lowest BCUT2D eigenvalue weighted by Crippen LogP contribution is -2.66. The number of aliphatic hydroxyl groups excluding tert-OH is 1. The third-order valence-corrected chi connectivity index (χ3v) is 14.0. The zero-order valence-corrected chi connectivity index (χ0v) is 26.5. The van der Waals surface area contributed by atoms with Crippen molar-refractivity contribution < 1.29 is 24.5 Å². The van der Waals surface area contributed by atoms with Crippen LogP contribution >= 0.6 is 0 Å². The van der Waals surface area contributed by atoms with Crippen LogP contribution in [-0.2, 0) is 14.3 Å². The van der Waals surface area contributed by atoms with Gasteiger partial charge in [-0.1, -0.05) is 66.2 Å². The molecule has 40 heavy (non-hydrogen) atoms. The highest BCUT2D eigenvalue weighted by Crippen LogP contribution is 2.75. The van der Waals surface area contributed by atoms with Crippen molar-refractivity contribution in [2.45, 2.75) is 132 Å². The van der Waals surface area contributed by atoms with Gasteiger partial charge in [-0.15, -0.1) is 0 Å². The number of fused-ring (bicyclic) bond motifs is 7. The number of hydrogen-bond acceptors (Lipinski definition) is 4. The third-order valence-electron chi connectivity index (χ3n) is 14.0. The molecule has 0 aromatic carbocycles. The van der Waals surface area contributed by atoms with Crippen LogP contribution < -0.4 is 0 Å². The molecular formula is C35H54O5. The second-order valence-electron chi connectivity index (χ2n) is 16.5. The highest BCUT2D eigenvalue weighted by atomic mass is 16.5. The normalized spacial score (nSPS) is 47.5. The molecule has 0 radical (unpaired) electrons. The molecule has 0 aliphatic heterocycles. The lowest BCUT2D eigenvalue weighted by Gasteiger charge is -2.71. The van der Waals surface area contributed by atoms with Crippen LogP contribution in [0.25, 0.3) is 0 Å². The van der Waals surface area contributed by atoms with Gasteiger partial charge in [0.15, 0.2) is 0 Å². The van der Waals surface area contributed by atoms with Crippen LogP contribution in [0.15, 0.2) is 23.3 Å². The number of ether oxygens (including phenoxy) is 1. The maximum atomic E-state index is 13.4. The summed E-state index contributed by atoms with van der Waals surface area (Å²) in [6.45, 7) is 20.0. The summed E-state index contributed by atoms with van der Waals surface area (Å²) >= 11 is 0. The molecule has 5 nitrogen and oxygen atoms in total. The van der Waals surface area contributed by atoms with Crippen molar-refractivity contribution in [3.63, 3.8) is 0 Å². The molecule has 4 fully saturated rings. The van der Waals surface area contributed by atoms with Crippen molar-refractivity contribution in [1.29, 1.82) is 0 Å². The molecule has 0 saturated heterocycles. The van der Waals surface area contributed by atoms with Gasteiger partial charge in [-0.3, -0.25) is 4.79 Å². The van der Waals surface area contributed by atoms with Crippen molar-refractivity contribution in [1.82, 2.24) is 0 Å². The van der Waals surface area contributed by atoms with E-state index >= 15 is 0 Å². The average molecular weight is 555 g/mol. The van der Waals surface area contributed by atoms with Gasteiger partial charge in [0.25, 0.3) is 0 Å². The molecule has 5 aliphatic rings. The van der Waals surface area contributed by atoms with Gasteiger partial charge in [0.05, 0.1) is 6.10 Å². The number of carbonyl (C=O) groups is 2. The number of carboxylic acids is 1. The fourth-order valence-corrected chi connectivity index (χ4v) is 11.3. The van der Waals surface area contributed by atoms with E-state index < -0.39 is 23.5 Å². The van der Waals surface area contributed by atoms with Crippen LogP contribution in [0.4, 0.5) is 0 Å². The van der Waals surface area contributed by atoms with E-state index in [4.69, 9.17) is 4.74 Å².